The molecule has 0 spiro atoms. The maximum absolute atomic E-state index is 2.20. The van der Waals surface area contributed by atoms with Gasteiger partial charge in [0, 0.05) is 0 Å². The lowest BCUT2D eigenvalue weighted by atomic mass is 10.0. The van der Waals surface area contributed by atoms with Crippen LogP contribution in [-0.4, -0.2) is 11.5 Å². The first-order valence-corrected chi connectivity index (χ1v) is 10.2. The van der Waals surface area contributed by atoms with Crippen LogP contribution < -0.4 is 0 Å². The Morgan fingerprint density at radius 3 is 0.737 bits per heavy atom. The first-order chi connectivity index (χ1) is 9.50. The number of rotatable bonds is 0. The second kappa shape index (κ2) is 14.8. The molecule has 0 aromatic rings. The Morgan fingerprint density at radius 1 is 0.263 bits per heavy atom. The molecular weight excluding hydrogens is 248 g/mol. The summed E-state index contributed by atoms with van der Waals surface area (Å²) in [5.41, 5.74) is 0. The molecule has 0 aromatic carbocycles. The van der Waals surface area contributed by atoms with E-state index in [0.717, 1.165) is 0 Å². The standard InChI is InChI=1S/C18H36S/c1-2-4-6-8-10-12-14-16-18-19-17-15-13-11-9-7-5-3-1/h1-18H2. The molecule has 19 heavy (non-hydrogen) atoms. The van der Waals surface area contributed by atoms with Gasteiger partial charge in [-0.25, -0.2) is 0 Å². The van der Waals surface area contributed by atoms with E-state index in [1.807, 2.05) is 0 Å². The maximum atomic E-state index is 2.20. The summed E-state index contributed by atoms with van der Waals surface area (Å²) >= 11 is 2.20. The Hall–Kier alpha value is 0.350. The molecule has 1 rings (SSSR count). The number of hydrogen-bond donors (Lipinski definition) is 0. The molecule has 0 bridgehead atoms. The third-order valence-corrected chi connectivity index (χ3v) is 5.48. The lowest BCUT2D eigenvalue weighted by molar-refractivity contribution is 0.532. The lowest BCUT2D eigenvalue weighted by Crippen LogP contribution is -1.86. The van der Waals surface area contributed by atoms with Crippen LogP contribution in [0.2, 0.25) is 0 Å². The first kappa shape index (κ1) is 17.4. The Morgan fingerprint density at radius 2 is 0.474 bits per heavy atom. The Bertz CT molecular complexity index is 86.4. The van der Waals surface area contributed by atoms with E-state index in [1.54, 1.807) is 0 Å². The fourth-order valence-corrected chi connectivity index (χ4v) is 4.01. The van der Waals surface area contributed by atoms with Crippen LogP contribution in [0.4, 0.5) is 0 Å². The fourth-order valence-electron chi connectivity index (χ4n) is 2.99. The molecule has 1 saturated heterocycles. The van der Waals surface area contributed by atoms with Crippen LogP contribution in [-0.2, 0) is 0 Å². The smallest absolute Gasteiger partial charge is 0.00675 e. The summed E-state index contributed by atoms with van der Waals surface area (Å²) < 4.78 is 0. The zero-order valence-electron chi connectivity index (χ0n) is 13.1. The Kier molecular flexibility index (Phi) is 13.5. The summed E-state index contributed by atoms with van der Waals surface area (Å²) in [7, 11) is 0. The Balaban J connectivity index is 2.01. The highest BCUT2D eigenvalue weighted by molar-refractivity contribution is 7.99. The number of hydrogen-bond acceptors (Lipinski definition) is 1. The Labute approximate surface area is 126 Å². The van der Waals surface area contributed by atoms with Gasteiger partial charge in [-0.1, -0.05) is 89.9 Å². The van der Waals surface area contributed by atoms with Crippen LogP contribution in [0.3, 0.4) is 0 Å². The molecule has 1 fully saturated rings. The highest BCUT2D eigenvalue weighted by Crippen LogP contribution is 2.16. The molecule has 0 amide bonds. The van der Waals surface area contributed by atoms with E-state index in [9.17, 15) is 0 Å². The minimum absolute atomic E-state index is 1.42. The quantitative estimate of drug-likeness (QED) is 0.462. The monoisotopic (exact) mass is 284 g/mol. The zero-order chi connectivity index (χ0) is 13.4. The van der Waals surface area contributed by atoms with E-state index in [2.05, 4.69) is 11.8 Å². The summed E-state index contributed by atoms with van der Waals surface area (Å²) in [5, 5.41) is 0. The van der Waals surface area contributed by atoms with Crippen molar-refractivity contribution in [1.82, 2.24) is 0 Å². The van der Waals surface area contributed by atoms with Crippen molar-refractivity contribution in [2.24, 2.45) is 0 Å². The highest BCUT2D eigenvalue weighted by Gasteiger charge is 1.96. The molecule has 0 N–H and O–H groups in total. The number of thioether (sulfide) groups is 1. The van der Waals surface area contributed by atoms with Crippen molar-refractivity contribution in [1.29, 1.82) is 0 Å². The van der Waals surface area contributed by atoms with E-state index in [1.165, 1.54) is 114 Å². The molecule has 1 aliphatic heterocycles. The second-order valence-electron chi connectivity index (χ2n) is 6.27. The highest BCUT2D eigenvalue weighted by atomic mass is 32.2. The molecular formula is C18H36S. The average molecular weight is 285 g/mol. The molecule has 1 heterocycles. The van der Waals surface area contributed by atoms with Crippen LogP contribution in [0.25, 0.3) is 0 Å². The average Bonchev–Trinajstić information content (AvgIpc) is 2.43. The van der Waals surface area contributed by atoms with E-state index < -0.39 is 0 Å². The van der Waals surface area contributed by atoms with Gasteiger partial charge >= 0.3 is 0 Å². The predicted molar refractivity (Wildman–Crippen MR) is 91.2 cm³/mol. The normalized spacial score (nSPS) is 24.0. The third kappa shape index (κ3) is 13.1. The largest absolute Gasteiger partial charge is 0.162 e. The van der Waals surface area contributed by atoms with Crippen LogP contribution in [0.15, 0.2) is 0 Å². The topological polar surface area (TPSA) is 0 Å². The molecule has 0 unspecified atom stereocenters. The summed E-state index contributed by atoms with van der Waals surface area (Å²) in [6, 6.07) is 0. The van der Waals surface area contributed by atoms with E-state index >= 15 is 0 Å². The van der Waals surface area contributed by atoms with Crippen molar-refractivity contribution in [3.63, 3.8) is 0 Å². The van der Waals surface area contributed by atoms with Crippen molar-refractivity contribution >= 4 is 11.8 Å². The van der Waals surface area contributed by atoms with Gasteiger partial charge in [-0.05, 0) is 24.3 Å². The van der Waals surface area contributed by atoms with Gasteiger partial charge in [0.05, 0.1) is 0 Å². The lowest BCUT2D eigenvalue weighted by Gasteiger charge is -2.03. The molecule has 0 aromatic heterocycles. The SMILES string of the molecule is C1CCCCCCCCCSCCCCCCCC1. The van der Waals surface area contributed by atoms with Crippen molar-refractivity contribution in [3.05, 3.63) is 0 Å². The van der Waals surface area contributed by atoms with Gasteiger partial charge in [-0.2, -0.15) is 11.8 Å². The van der Waals surface area contributed by atoms with Crippen molar-refractivity contribution in [2.45, 2.75) is 103 Å². The minimum atomic E-state index is 1.42. The maximum Gasteiger partial charge on any atom is -0.00675 e. The summed E-state index contributed by atoms with van der Waals surface area (Å²) in [6.07, 6.45) is 23.8. The van der Waals surface area contributed by atoms with Crippen LogP contribution in [0.1, 0.15) is 103 Å². The van der Waals surface area contributed by atoms with E-state index in [0.29, 0.717) is 0 Å². The molecule has 0 saturated carbocycles. The van der Waals surface area contributed by atoms with Crippen molar-refractivity contribution in [2.75, 3.05) is 11.5 Å². The molecule has 1 heteroatoms. The predicted octanol–water partition coefficient (Wildman–Crippen LogP) is 6.97. The minimum Gasteiger partial charge on any atom is -0.162 e. The molecule has 1 aliphatic rings. The summed E-state index contributed by atoms with van der Waals surface area (Å²) in [5.74, 6) is 2.83. The van der Waals surface area contributed by atoms with Gasteiger partial charge in [0.2, 0.25) is 0 Å². The van der Waals surface area contributed by atoms with Gasteiger partial charge in [0.15, 0.2) is 0 Å². The van der Waals surface area contributed by atoms with Crippen molar-refractivity contribution in [3.8, 4) is 0 Å². The van der Waals surface area contributed by atoms with Crippen LogP contribution >= 0.6 is 11.8 Å². The van der Waals surface area contributed by atoms with Gasteiger partial charge in [0.25, 0.3) is 0 Å². The molecule has 114 valence electrons. The van der Waals surface area contributed by atoms with Gasteiger partial charge in [0.1, 0.15) is 0 Å². The van der Waals surface area contributed by atoms with E-state index in [4.69, 9.17) is 0 Å². The van der Waals surface area contributed by atoms with Gasteiger partial charge in [-0.3, -0.25) is 0 Å². The first-order valence-electron chi connectivity index (χ1n) is 9.08. The summed E-state index contributed by atoms with van der Waals surface area (Å²) in [4.78, 5) is 0. The molecule has 0 aliphatic carbocycles. The van der Waals surface area contributed by atoms with Crippen LogP contribution in [0.5, 0.6) is 0 Å². The van der Waals surface area contributed by atoms with Crippen molar-refractivity contribution < 1.29 is 0 Å². The van der Waals surface area contributed by atoms with Gasteiger partial charge < -0.3 is 0 Å². The zero-order valence-corrected chi connectivity index (χ0v) is 14.0. The molecule has 0 atom stereocenters. The molecule has 0 radical (unpaired) electrons. The third-order valence-electron chi connectivity index (χ3n) is 4.33. The molecule has 0 nitrogen and oxygen atoms in total. The fraction of sp³-hybridized carbons (Fsp3) is 1.00. The summed E-state index contributed by atoms with van der Waals surface area (Å²) in [6.45, 7) is 0. The van der Waals surface area contributed by atoms with E-state index in [-0.39, 0.29) is 0 Å². The van der Waals surface area contributed by atoms with Crippen LogP contribution in [0, 0.1) is 0 Å². The second-order valence-corrected chi connectivity index (χ2v) is 7.49. The van der Waals surface area contributed by atoms with Gasteiger partial charge in [-0.15, -0.1) is 0 Å².